The number of likely N-dealkylation sites (tertiary alicyclic amines) is 1. The Kier molecular flexibility index (Phi) is 7.21. The Morgan fingerprint density at radius 1 is 1.39 bits per heavy atom. The smallest absolute Gasteiger partial charge is 0.312 e. The van der Waals surface area contributed by atoms with Crippen molar-refractivity contribution in [1.29, 1.82) is 0 Å². The zero-order chi connectivity index (χ0) is 22.8. The minimum Gasteiger partial charge on any atom is -0.465 e. The van der Waals surface area contributed by atoms with Gasteiger partial charge in [0, 0.05) is 19.1 Å². The van der Waals surface area contributed by atoms with Crippen molar-refractivity contribution in [3.8, 4) is 0 Å². The van der Waals surface area contributed by atoms with Crippen LogP contribution in [0.2, 0.25) is 0 Å². The van der Waals surface area contributed by atoms with Crippen LogP contribution in [0.4, 0.5) is 0 Å². The molecule has 5 atom stereocenters. The predicted octanol–water partition coefficient (Wildman–Crippen LogP) is 1.29. The number of rotatable bonds is 11. The highest BCUT2D eigenvalue weighted by atomic mass is 16.6. The summed E-state index contributed by atoms with van der Waals surface area (Å²) >= 11 is 0. The van der Waals surface area contributed by atoms with E-state index in [4.69, 9.17) is 9.47 Å². The second-order valence-corrected chi connectivity index (χ2v) is 8.78. The van der Waals surface area contributed by atoms with Gasteiger partial charge in [-0.25, -0.2) is 0 Å². The van der Waals surface area contributed by atoms with Crippen LogP contribution < -0.4 is 0 Å². The first-order valence-corrected chi connectivity index (χ1v) is 11.1. The Balaban J connectivity index is 1.91. The average Bonchev–Trinajstić information content (AvgIpc) is 3.37. The molecule has 0 aromatic rings. The third-order valence-corrected chi connectivity index (χ3v) is 6.68. The lowest BCUT2D eigenvalue weighted by molar-refractivity contribution is -0.155. The largest absolute Gasteiger partial charge is 0.465 e. The van der Waals surface area contributed by atoms with E-state index in [0.29, 0.717) is 25.8 Å². The van der Waals surface area contributed by atoms with Crippen LogP contribution in [-0.4, -0.2) is 82.8 Å². The molecule has 8 heteroatoms. The number of fused-ring (bicyclic) bond motifs is 1. The van der Waals surface area contributed by atoms with Gasteiger partial charge in [0.1, 0.15) is 11.6 Å². The topological polar surface area (TPSA) is 96.4 Å². The quantitative estimate of drug-likeness (QED) is 0.299. The fourth-order valence-electron chi connectivity index (χ4n) is 5.40. The molecule has 3 fully saturated rings. The number of hydrogen-bond acceptors (Lipinski definition) is 6. The minimum atomic E-state index is -1.06. The first kappa shape index (κ1) is 23.5. The van der Waals surface area contributed by atoms with Crippen LogP contribution in [0.25, 0.3) is 0 Å². The van der Waals surface area contributed by atoms with Gasteiger partial charge in [-0.1, -0.05) is 12.2 Å². The van der Waals surface area contributed by atoms with Crippen molar-refractivity contribution in [2.75, 3.05) is 26.3 Å². The van der Waals surface area contributed by atoms with E-state index in [2.05, 4.69) is 13.2 Å². The number of carbonyl (C=O) groups is 3. The molecule has 3 aliphatic rings. The summed E-state index contributed by atoms with van der Waals surface area (Å²) in [5, 5.41) is 9.59. The Morgan fingerprint density at radius 3 is 2.74 bits per heavy atom. The van der Waals surface area contributed by atoms with Crippen molar-refractivity contribution < 1.29 is 29.0 Å². The van der Waals surface area contributed by atoms with E-state index >= 15 is 0 Å². The number of esters is 1. The third-order valence-electron chi connectivity index (χ3n) is 6.68. The van der Waals surface area contributed by atoms with Crippen LogP contribution >= 0.6 is 0 Å². The molecule has 0 radical (unpaired) electrons. The molecule has 31 heavy (non-hydrogen) atoms. The molecule has 0 aromatic heterocycles. The second-order valence-electron chi connectivity index (χ2n) is 8.78. The summed E-state index contributed by atoms with van der Waals surface area (Å²) in [6.07, 6.45) is 5.49. The van der Waals surface area contributed by atoms with Gasteiger partial charge in [-0.15, -0.1) is 13.2 Å². The predicted molar refractivity (Wildman–Crippen MR) is 114 cm³/mol. The van der Waals surface area contributed by atoms with Crippen LogP contribution in [-0.2, 0) is 23.9 Å². The number of carbonyl (C=O) groups excluding carboxylic acids is 3. The molecule has 8 nitrogen and oxygen atoms in total. The van der Waals surface area contributed by atoms with Crippen LogP contribution in [0.1, 0.15) is 39.5 Å². The standard InChI is InChI=1S/C23H34N2O6/c1-5-7-8-14-30-22(29)17-16-9-10-23(31-16)18(17)20(27)25(12-13-26)19(23)21(28)24(11-6-2)15(3)4/h5-6,15-19,26H,1-2,7-14H2,3-4H3/t16-,17+,18+,19?,23?/m1/s1. The number of aliphatic hydroxyl groups is 1. The SMILES string of the molecule is C=CCCCOC(=O)[C@@H]1[C@H]2C(=O)N(CCO)C(C(=O)N(CC=C)C(C)C)C23CC[C@H]1O3. The molecule has 0 saturated carbocycles. The van der Waals surface area contributed by atoms with Gasteiger partial charge >= 0.3 is 5.97 Å². The fraction of sp³-hybridized carbons (Fsp3) is 0.696. The maximum atomic E-state index is 13.7. The van der Waals surface area contributed by atoms with E-state index in [0.717, 1.165) is 6.42 Å². The first-order valence-electron chi connectivity index (χ1n) is 11.1. The summed E-state index contributed by atoms with van der Waals surface area (Å²) in [5.74, 6) is -2.49. The van der Waals surface area contributed by atoms with E-state index in [-0.39, 0.29) is 37.6 Å². The number of β-amino-alcohol motifs (C(OH)–C–C–N with tert-alkyl or cyclic N) is 1. The van der Waals surface area contributed by atoms with Crippen LogP contribution in [0, 0.1) is 11.8 Å². The highest BCUT2D eigenvalue weighted by molar-refractivity contribution is 5.98. The summed E-state index contributed by atoms with van der Waals surface area (Å²) in [6, 6.07) is -0.973. The molecule has 0 aromatic carbocycles. The van der Waals surface area contributed by atoms with Crippen molar-refractivity contribution >= 4 is 17.8 Å². The van der Waals surface area contributed by atoms with Crippen LogP contribution in [0.5, 0.6) is 0 Å². The number of nitrogens with zero attached hydrogens (tertiary/aromatic N) is 2. The van der Waals surface area contributed by atoms with Gasteiger partial charge in [0.25, 0.3) is 0 Å². The molecule has 2 bridgehead atoms. The molecule has 3 rings (SSSR count). The summed E-state index contributed by atoms with van der Waals surface area (Å²) in [4.78, 5) is 43.1. The molecule has 1 N–H and O–H groups in total. The molecule has 1 spiro atoms. The Labute approximate surface area is 183 Å². The fourth-order valence-corrected chi connectivity index (χ4v) is 5.40. The lowest BCUT2D eigenvalue weighted by Gasteiger charge is -2.38. The number of hydrogen-bond donors (Lipinski definition) is 1. The Bertz CT molecular complexity index is 738. The number of aliphatic hydroxyl groups excluding tert-OH is 1. The molecule has 3 saturated heterocycles. The number of ether oxygens (including phenoxy) is 2. The molecule has 2 amide bonds. The number of amides is 2. The molecule has 172 valence electrons. The first-order chi connectivity index (χ1) is 14.8. The zero-order valence-electron chi connectivity index (χ0n) is 18.5. The van der Waals surface area contributed by atoms with E-state index in [1.807, 2.05) is 13.8 Å². The van der Waals surface area contributed by atoms with Crippen molar-refractivity contribution in [1.82, 2.24) is 9.80 Å². The molecular formula is C23H34N2O6. The normalized spacial score (nSPS) is 31.1. The highest BCUT2D eigenvalue weighted by Gasteiger charge is 2.75. The Hall–Kier alpha value is -2.19. The summed E-state index contributed by atoms with van der Waals surface area (Å²) in [6.45, 7) is 11.5. The summed E-state index contributed by atoms with van der Waals surface area (Å²) in [7, 11) is 0. The lowest BCUT2D eigenvalue weighted by atomic mass is 9.70. The molecule has 2 unspecified atom stereocenters. The maximum Gasteiger partial charge on any atom is 0.312 e. The van der Waals surface area contributed by atoms with Crippen molar-refractivity contribution in [2.24, 2.45) is 11.8 Å². The van der Waals surface area contributed by atoms with E-state index in [1.54, 1.807) is 17.1 Å². The van der Waals surface area contributed by atoms with Gasteiger partial charge in [0.15, 0.2) is 0 Å². The van der Waals surface area contributed by atoms with Gasteiger partial charge < -0.3 is 24.4 Å². The number of unbranched alkanes of at least 4 members (excludes halogenated alkanes) is 1. The van der Waals surface area contributed by atoms with E-state index < -0.39 is 35.6 Å². The van der Waals surface area contributed by atoms with Gasteiger partial charge in [-0.05, 0) is 39.5 Å². The molecule has 3 heterocycles. The van der Waals surface area contributed by atoms with E-state index in [1.165, 1.54) is 4.90 Å². The van der Waals surface area contributed by atoms with Gasteiger partial charge in [-0.3, -0.25) is 14.4 Å². The zero-order valence-corrected chi connectivity index (χ0v) is 18.5. The second kappa shape index (κ2) is 9.53. The highest BCUT2D eigenvalue weighted by Crippen LogP contribution is 2.58. The van der Waals surface area contributed by atoms with E-state index in [9.17, 15) is 19.5 Å². The van der Waals surface area contributed by atoms with Crippen LogP contribution in [0.15, 0.2) is 25.3 Å². The molecule has 3 aliphatic heterocycles. The van der Waals surface area contributed by atoms with Crippen molar-refractivity contribution in [3.63, 3.8) is 0 Å². The summed E-state index contributed by atoms with van der Waals surface area (Å²) < 4.78 is 11.8. The molecule has 0 aliphatic carbocycles. The van der Waals surface area contributed by atoms with Gasteiger partial charge in [0.05, 0.1) is 31.2 Å². The van der Waals surface area contributed by atoms with Crippen molar-refractivity contribution in [3.05, 3.63) is 25.3 Å². The average molecular weight is 435 g/mol. The van der Waals surface area contributed by atoms with Gasteiger partial charge in [0.2, 0.25) is 11.8 Å². The van der Waals surface area contributed by atoms with Gasteiger partial charge in [-0.2, -0.15) is 0 Å². The minimum absolute atomic E-state index is 0.0165. The lowest BCUT2D eigenvalue weighted by Crippen LogP contribution is -2.57. The Morgan fingerprint density at radius 2 is 2.13 bits per heavy atom. The molecular weight excluding hydrogens is 400 g/mol. The number of allylic oxidation sites excluding steroid dienone is 1. The maximum absolute atomic E-state index is 13.7. The van der Waals surface area contributed by atoms with Crippen molar-refractivity contribution in [2.45, 2.75) is 63.3 Å². The summed E-state index contributed by atoms with van der Waals surface area (Å²) in [5.41, 5.74) is -1.06. The van der Waals surface area contributed by atoms with Crippen LogP contribution in [0.3, 0.4) is 0 Å². The monoisotopic (exact) mass is 434 g/mol. The third kappa shape index (κ3) is 3.91.